The van der Waals surface area contributed by atoms with E-state index in [1.165, 1.54) is 97.7 Å². The van der Waals surface area contributed by atoms with Gasteiger partial charge in [-0.1, -0.05) is 206 Å². The molecule has 0 atom stereocenters. The van der Waals surface area contributed by atoms with E-state index in [1.54, 1.807) is 0 Å². The van der Waals surface area contributed by atoms with Crippen molar-refractivity contribution in [1.82, 2.24) is 0 Å². The molecule has 14 aromatic rings. The van der Waals surface area contributed by atoms with Crippen LogP contribution < -0.4 is 9.80 Å². The summed E-state index contributed by atoms with van der Waals surface area (Å²) in [4.78, 5) is 4.87. The van der Waals surface area contributed by atoms with E-state index in [1.807, 2.05) is 0 Å². The Kier molecular flexibility index (Phi) is 9.89. The Morgan fingerprint density at radius 3 is 1.11 bits per heavy atom. The Labute approximate surface area is 418 Å². The van der Waals surface area contributed by atoms with Crippen molar-refractivity contribution in [3.63, 3.8) is 0 Å². The zero-order valence-electron chi connectivity index (χ0n) is 39.5. The topological polar surface area (TPSA) is 6.48 Å². The molecule has 2 heteroatoms. The minimum atomic E-state index is 1.09. The zero-order valence-corrected chi connectivity index (χ0v) is 39.5. The summed E-state index contributed by atoms with van der Waals surface area (Å²) in [6.07, 6.45) is 0. The molecule has 0 aliphatic carbocycles. The third-order valence-electron chi connectivity index (χ3n) is 14.7. The van der Waals surface area contributed by atoms with Gasteiger partial charge in [0.15, 0.2) is 0 Å². The van der Waals surface area contributed by atoms with Gasteiger partial charge in [0.05, 0.1) is 11.4 Å². The van der Waals surface area contributed by atoms with E-state index in [0.717, 1.165) is 34.1 Å². The fraction of sp³-hybridized carbons (Fsp3) is 0. The van der Waals surface area contributed by atoms with E-state index in [0.29, 0.717) is 0 Å². The molecule has 0 saturated carbocycles. The average Bonchev–Trinajstić information content (AvgIpc) is 3.45. The second-order valence-electron chi connectivity index (χ2n) is 18.8. The minimum absolute atomic E-state index is 1.09. The predicted octanol–water partition coefficient (Wildman–Crippen LogP) is 20.0. The molecule has 0 spiro atoms. The van der Waals surface area contributed by atoms with Gasteiger partial charge in [-0.2, -0.15) is 0 Å². The zero-order chi connectivity index (χ0) is 47.5. The molecule has 0 aliphatic rings. The van der Waals surface area contributed by atoms with Crippen molar-refractivity contribution < 1.29 is 0 Å². The Morgan fingerprint density at radius 2 is 0.556 bits per heavy atom. The van der Waals surface area contributed by atoms with Gasteiger partial charge in [-0.05, 0) is 160 Å². The van der Waals surface area contributed by atoms with E-state index in [-0.39, 0.29) is 0 Å². The number of nitrogens with zero attached hydrogens (tertiary/aromatic N) is 2. The van der Waals surface area contributed by atoms with Crippen LogP contribution in [-0.2, 0) is 0 Å². The van der Waals surface area contributed by atoms with Gasteiger partial charge in [0, 0.05) is 33.5 Å². The fourth-order valence-electron chi connectivity index (χ4n) is 11.4. The van der Waals surface area contributed by atoms with Gasteiger partial charge in [0.25, 0.3) is 0 Å². The molecule has 0 unspecified atom stereocenters. The number of fused-ring (bicyclic) bond motifs is 8. The van der Waals surface area contributed by atoms with E-state index >= 15 is 0 Å². The monoisotopic (exact) mass is 914 g/mol. The van der Waals surface area contributed by atoms with Gasteiger partial charge in [-0.25, -0.2) is 0 Å². The standard InChI is InChI=1S/C70H46N2/c1-3-24-55(25-4-1)71(67-31-15-22-48-18-10-13-29-61(48)67)57-39-42-64-65(45-57)69(53-36-33-47-17-7-8-21-51(47)43-53)63-41-38-58(72(56-26-5-2-6-27-56)68-32-16-23-49-19-11-14-30-62(49)68)46-66(63)70(64)54-37-40-60-52(44-54)35-34-50-20-9-12-28-59(50)60/h1-46H. The maximum absolute atomic E-state index is 2.45. The first-order valence-corrected chi connectivity index (χ1v) is 24.8. The van der Waals surface area contributed by atoms with Crippen molar-refractivity contribution in [3.8, 4) is 22.3 Å². The van der Waals surface area contributed by atoms with Crippen LogP contribution >= 0.6 is 0 Å². The second-order valence-corrected chi connectivity index (χ2v) is 18.8. The van der Waals surface area contributed by atoms with Crippen LogP contribution in [-0.4, -0.2) is 0 Å². The molecular weight excluding hydrogens is 869 g/mol. The van der Waals surface area contributed by atoms with Crippen LogP contribution in [0.25, 0.3) is 97.7 Å². The van der Waals surface area contributed by atoms with E-state index in [9.17, 15) is 0 Å². The van der Waals surface area contributed by atoms with Gasteiger partial charge in [0.1, 0.15) is 0 Å². The number of hydrogen-bond donors (Lipinski definition) is 0. The largest absolute Gasteiger partial charge is 0.310 e. The van der Waals surface area contributed by atoms with Crippen molar-refractivity contribution in [2.24, 2.45) is 0 Å². The highest BCUT2D eigenvalue weighted by Crippen LogP contribution is 2.50. The lowest BCUT2D eigenvalue weighted by molar-refractivity contribution is 1.30. The summed E-state index contributed by atoms with van der Waals surface area (Å²) in [5, 5.41) is 17.0. The molecule has 0 amide bonds. The highest BCUT2D eigenvalue weighted by Gasteiger charge is 2.24. The van der Waals surface area contributed by atoms with Crippen LogP contribution in [0, 0.1) is 0 Å². The number of para-hydroxylation sites is 2. The lowest BCUT2D eigenvalue weighted by Gasteiger charge is -2.29. The molecule has 72 heavy (non-hydrogen) atoms. The third-order valence-corrected chi connectivity index (χ3v) is 14.7. The Bertz CT molecular complexity index is 4390. The van der Waals surface area contributed by atoms with Crippen molar-refractivity contribution in [2.75, 3.05) is 9.80 Å². The lowest BCUT2D eigenvalue weighted by Crippen LogP contribution is -2.11. The van der Waals surface area contributed by atoms with Crippen LogP contribution in [0.4, 0.5) is 34.1 Å². The Hall–Kier alpha value is -9.50. The summed E-state index contributed by atoms with van der Waals surface area (Å²) in [7, 11) is 0. The number of hydrogen-bond acceptors (Lipinski definition) is 2. The van der Waals surface area contributed by atoms with Gasteiger partial charge in [-0.15, -0.1) is 0 Å². The molecule has 0 bridgehead atoms. The molecule has 0 aromatic heterocycles. The average molecular weight is 915 g/mol. The summed E-state index contributed by atoms with van der Waals surface area (Å²) < 4.78 is 0. The Morgan fingerprint density at radius 1 is 0.181 bits per heavy atom. The van der Waals surface area contributed by atoms with Crippen molar-refractivity contribution in [1.29, 1.82) is 0 Å². The van der Waals surface area contributed by atoms with Gasteiger partial charge < -0.3 is 9.80 Å². The van der Waals surface area contributed by atoms with Gasteiger partial charge in [-0.3, -0.25) is 0 Å². The van der Waals surface area contributed by atoms with E-state index < -0.39 is 0 Å². The number of benzene rings is 14. The van der Waals surface area contributed by atoms with Gasteiger partial charge >= 0.3 is 0 Å². The second kappa shape index (κ2) is 17.2. The maximum atomic E-state index is 2.45. The summed E-state index contributed by atoms with van der Waals surface area (Å²) in [6, 6.07) is 103. The molecule has 0 fully saturated rings. The first-order valence-electron chi connectivity index (χ1n) is 24.8. The molecule has 14 aromatic carbocycles. The maximum Gasteiger partial charge on any atom is 0.0540 e. The molecule has 336 valence electrons. The summed E-state index contributed by atoms with van der Waals surface area (Å²) in [6.45, 7) is 0. The fourth-order valence-corrected chi connectivity index (χ4v) is 11.4. The van der Waals surface area contributed by atoms with Crippen LogP contribution in [0.1, 0.15) is 0 Å². The molecule has 0 N–H and O–H groups in total. The predicted molar refractivity (Wildman–Crippen MR) is 309 cm³/mol. The highest BCUT2D eigenvalue weighted by molar-refractivity contribution is 6.24. The van der Waals surface area contributed by atoms with Crippen LogP contribution in [0.15, 0.2) is 279 Å². The quantitative estimate of drug-likeness (QED) is 0.111. The molecule has 0 radical (unpaired) electrons. The van der Waals surface area contributed by atoms with Crippen molar-refractivity contribution in [3.05, 3.63) is 279 Å². The molecular formula is C70H46N2. The number of rotatable bonds is 8. The number of anilines is 6. The van der Waals surface area contributed by atoms with Gasteiger partial charge in [0.2, 0.25) is 0 Å². The van der Waals surface area contributed by atoms with Crippen molar-refractivity contribution in [2.45, 2.75) is 0 Å². The lowest BCUT2D eigenvalue weighted by atomic mass is 9.84. The van der Waals surface area contributed by atoms with Crippen LogP contribution in [0.3, 0.4) is 0 Å². The molecule has 0 heterocycles. The van der Waals surface area contributed by atoms with Crippen molar-refractivity contribution >= 4 is 110 Å². The van der Waals surface area contributed by atoms with Crippen LogP contribution in [0.5, 0.6) is 0 Å². The van der Waals surface area contributed by atoms with E-state index in [4.69, 9.17) is 0 Å². The summed E-state index contributed by atoms with van der Waals surface area (Å²) >= 11 is 0. The Balaban J connectivity index is 1.11. The molecule has 0 aliphatic heterocycles. The SMILES string of the molecule is c1ccc(N(c2ccc3c(-c4ccc5c(ccc6ccccc65)c4)c4cc(N(c5ccccc5)c5cccc6ccccc56)ccc4c(-c4ccc5ccccc5c4)c3c2)c2cccc3ccccc23)cc1. The van der Waals surface area contributed by atoms with Crippen LogP contribution in [0.2, 0.25) is 0 Å². The first kappa shape index (κ1) is 41.5. The molecule has 0 saturated heterocycles. The first-order chi connectivity index (χ1) is 35.7. The molecule has 14 rings (SSSR count). The third kappa shape index (κ3) is 6.95. The summed E-state index contributed by atoms with van der Waals surface area (Å²) in [5.41, 5.74) is 11.4. The smallest absolute Gasteiger partial charge is 0.0540 e. The minimum Gasteiger partial charge on any atom is -0.310 e. The highest BCUT2D eigenvalue weighted by atomic mass is 15.1. The summed E-state index contributed by atoms with van der Waals surface area (Å²) in [5.74, 6) is 0. The normalized spacial score (nSPS) is 11.6. The van der Waals surface area contributed by atoms with E-state index in [2.05, 4.69) is 289 Å². The molecule has 2 nitrogen and oxygen atoms in total.